The molecule has 6 atom stereocenters. The molecule has 0 bridgehead atoms. The highest BCUT2D eigenvalue weighted by Crippen LogP contribution is 2.56. The molecule has 0 radical (unpaired) electrons. The van der Waals surface area contributed by atoms with Crippen molar-refractivity contribution in [2.45, 2.75) is 105 Å². The zero-order chi connectivity index (χ0) is 22.7. The van der Waals surface area contributed by atoms with Crippen LogP contribution in [0.4, 0.5) is 0 Å². The normalized spacial score (nSPS) is 32.1. The molecule has 0 aromatic heterocycles. The van der Waals surface area contributed by atoms with Crippen molar-refractivity contribution in [3.63, 3.8) is 0 Å². The van der Waals surface area contributed by atoms with E-state index in [-0.39, 0.29) is 5.92 Å². The summed E-state index contributed by atoms with van der Waals surface area (Å²) < 4.78 is 0. The van der Waals surface area contributed by atoms with Gasteiger partial charge in [0, 0.05) is 0 Å². The van der Waals surface area contributed by atoms with Gasteiger partial charge in [-0.05, 0) is 93.8 Å². The van der Waals surface area contributed by atoms with Crippen LogP contribution in [-0.4, -0.2) is 23.4 Å². The third kappa shape index (κ3) is 7.21. The molecule has 4 nitrogen and oxygen atoms in total. The SMILES string of the molecule is C1=C2CCC3C4CCCC4CCC3C2CCC1.CC.CC(C)C(N)C(=O)O.CC=O. The van der Waals surface area contributed by atoms with Crippen molar-refractivity contribution in [1.29, 1.82) is 0 Å². The van der Waals surface area contributed by atoms with Gasteiger partial charge in [-0.15, -0.1) is 0 Å². The Morgan fingerprint density at radius 2 is 1.70 bits per heavy atom. The van der Waals surface area contributed by atoms with Crippen LogP contribution in [0, 0.1) is 35.5 Å². The lowest BCUT2D eigenvalue weighted by Crippen LogP contribution is -2.40. The summed E-state index contributed by atoms with van der Waals surface area (Å²) in [7, 11) is 0. The predicted molar refractivity (Wildman–Crippen MR) is 125 cm³/mol. The van der Waals surface area contributed by atoms with E-state index in [0.29, 0.717) is 0 Å². The minimum absolute atomic E-state index is 0.0208. The van der Waals surface area contributed by atoms with Gasteiger partial charge in [-0.2, -0.15) is 0 Å². The standard InChI is InChI=1S/C17H26.C5H11NO2.C2H4O.C2H6/c1-2-6-14-12(4-1)8-10-17-15-7-3-5-13(15)9-11-16(14)17;1-3(2)4(6)5(7)8;1-2-3;1-2/h4,13-17H,1-3,5-11H2;3-4H,6H2,1-2H3,(H,7,8);2H,1H3;1-2H3. The molecule has 0 amide bonds. The van der Waals surface area contributed by atoms with E-state index in [1.807, 2.05) is 19.4 Å². The monoisotopic (exact) mass is 421 g/mol. The van der Waals surface area contributed by atoms with Crippen molar-refractivity contribution in [1.82, 2.24) is 0 Å². The van der Waals surface area contributed by atoms with Crippen LogP contribution in [0.5, 0.6) is 0 Å². The van der Waals surface area contributed by atoms with Crippen molar-refractivity contribution < 1.29 is 14.7 Å². The molecule has 0 heterocycles. The number of carbonyl (C=O) groups is 2. The topological polar surface area (TPSA) is 80.4 Å². The van der Waals surface area contributed by atoms with Gasteiger partial charge in [-0.1, -0.05) is 52.2 Å². The Kier molecular flexibility index (Phi) is 12.5. The van der Waals surface area contributed by atoms with Gasteiger partial charge >= 0.3 is 5.97 Å². The first-order valence-electron chi connectivity index (χ1n) is 12.5. The Labute approximate surface area is 185 Å². The average molecular weight is 422 g/mol. The van der Waals surface area contributed by atoms with Crippen molar-refractivity contribution in [3.8, 4) is 0 Å². The molecule has 4 aliphatic rings. The zero-order valence-electron chi connectivity index (χ0n) is 20.1. The number of carboxylic acids is 1. The smallest absolute Gasteiger partial charge is 0.320 e. The molecule has 0 aromatic rings. The number of hydrogen-bond acceptors (Lipinski definition) is 3. The minimum Gasteiger partial charge on any atom is -0.480 e. The van der Waals surface area contributed by atoms with E-state index in [9.17, 15) is 4.79 Å². The Morgan fingerprint density at radius 3 is 2.27 bits per heavy atom. The number of fused-ring (bicyclic) bond motifs is 5. The van der Waals surface area contributed by atoms with Gasteiger partial charge in [0.05, 0.1) is 0 Å². The number of nitrogens with two attached hydrogens (primary N) is 1. The van der Waals surface area contributed by atoms with Gasteiger partial charge in [0.25, 0.3) is 0 Å². The number of hydrogen-bond donors (Lipinski definition) is 2. The molecular formula is C26H47NO3. The van der Waals surface area contributed by atoms with E-state index in [0.717, 1.165) is 35.9 Å². The average Bonchev–Trinajstić information content (AvgIpc) is 3.24. The number of rotatable bonds is 2. The Morgan fingerprint density at radius 1 is 1.03 bits per heavy atom. The van der Waals surface area contributed by atoms with E-state index in [4.69, 9.17) is 15.6 Å². The second-order valence-electron chi connectivity index (χ2n) is 9.46. The molecule has 0 aliphatic heterocycles. The lowest BCUT2D eigenvalue weighted by molar-refractivity contribution is -0.139. The van der Waals surface area contributed by atoms with E-state index in [2.05, 4.69) is 6.08 Å². The third-order valence-corrected chi connectivity index (χ3v) is 7.58. The maximum absolute atomic E-state index is 10.0. The van der Waals surface area contributed by atoms with Crippen molar-refractivity contribution in [2.24, 2.45) is 41.2 Å². The fourth-order valence-corrected chi connectivity index (χ4v) is 6.21. The van der Waals surface area contributed by atoms with Gasteiger partial charge in [0.1, 0.15) is 12.3 Å². The van der Waals surface area contributed by atoms with E-state index in [1.165, 1.54) is 32.6 Å². The van der Waals surface area contributed by atoms with Crippen LogP contribution in [0.15, 0.2) is 11.6 Å². The summed E-state index contributed by atoms with van der Waals surface area (Å²) in [6.45, 7) is 9.00. The maximum atomic E-state index is 10.0. The molecule has 30 heavy (non-hydrogen) atoms. The molecule has 4 heteroatoms. The van der Waals surface area contributed by atoms with Crippen LogP contribution in [0.25, 0.3) is 0 Å². The first kappa shape index (κ1) is 26.9. The molecular weight excluding hydrogens is 374 g/mol. The second kappa shape index (κ2) is 14.0. The molecule has 3 fully saturated rings. The number of carboxylic acid groups (broad SMARTS) is 1. The number of allylic oxidation sites excluding steroid dienone is 2. The fourth-order valence-electron chi connectivity index (χ4n) is 6.21. The maximum Gasteiger partial charge on any atom is 0.320 e. The Hall–Kier alpha value is -1.16. The van der Waals surface area contributed by atoms with E-state index >= 15 is 0 Å². The summed E-state index contributed by atoms with van der Waals surface area (Å²) in [5.74, 6) is 4.66. The quantitative estimate of drug-likeness (QED) is 0.409. The van der Waals surface area contributed by atoms with Crippen molar-refractivity contribution >= 4 is 12.3 Å². The first-order valence-corrected chi connectivity index (χ1v) is 12.5. The van der Waals surface area contributed by atoms with E-state index < -0.39 is 12.0 Å². The van der Waals surface area contributed by atoms with Crippen LogP contribution in [0.2, 0.25) is 0 Å². The second-order valence-corrected chi connectivity index (χ2v) is 9.46. The summed E-state index contributed by atoms with van der Waals surface area (Å²) in [5.41, 5.74) is 7.04. The largest absolute Gasteiger partial charge is 0.480 e. The summed E-state index contributed by atoms with van der Waals surface area (Å²) >= 11 is 0. The van der Waals surface area contributed by atoms with Gasteiger partial charge in [-0.25, -0.2) is 0 Å². The Balaban J connectivity index is 0.000000295. The molecule has 4 aliphatic carbocycles. The van der Waals surface area contributed by atoms with Crippen molar-refractivity contribution in [2.75, 3.05) is 0 Å². The van der Waals surface area contributed by atoms with Crippen molar-refractivity contribution in [3.05, 3.63) is 11.6 Å². The predicted octanol–water partition coefficient (Wildman–Crippen LogP) is 6.23. The van der Waals surface area contributed by atoms with Gasteiger partial charge in [0.2, 0.25) is 0 Å². The molecule has 3 N–H and O–H groups in total. The van der Waals surface area contributed by atoms with Gasteiger partial charge < -0.3 is 15.6 Å². The van der Waals surface area contributed by atoms with Gasteiger partial charge in [0.15, 0.2) is 0 Å². The molecule has 0 aromatic carbocycles. The van der Waals surface area contributed by atoms with Crippen LogP contribution in [0.1, 0.15) is 98.8 Å². The molecule has 6 unspecified atom stereocenters. The van der Waals surface area contributed by atoms with Crippen LogP contribution in [0.3, 0.4) is 0 Å². The number of aldehydes is 1. The minimum atomic E-state index is -0.931. The molecule has 4 rings (SSSR count). The summed E-state index contributed by atoms with van der Waals surface area (Å²) in [4.78, 5) is 18.8. The van der Waals surface area contributed by atoms with Crippen LogP contribution in [-0.2, 0) is 9.59 Å². The first-order chi connectivity index (χ1) is 14.4. The molecule has 0 saturated heterocycles. The molecule has 3 saturated carbocycles. The van der Waals surface area contributed by atoms with Gasteiger partial charge in [-0.3, -0.25) is 4.79 Å². The highest BCUT2D eigenvalue weighted by Gasteiger charge is 2.46. The van der Waals surface area contributed by atoms with E-state index in [1.54, 1.807) is 52.4 Å². The molecule has 0 spiro atoms. The number of aliphatic carboxylic acids is 1. The Bertz CT molecular complexity index is 542. The molecule has 174 valence electrons. The third-order valence-electron chi connectivity index (χ3n) is 7.58. The summed E-state index contributed by atoms with van der Waals surface area (Å²) in [5, 5.41) is 8.23. The zero-order valence-corrected chi connectivity index (χ0v) is 20.1. The summed E-state index contributed by atoms with van der Waals surface area (Å²) in [6, 6.07) is -0.713. The highest BCUT2D eigenvalue weighted by atomic mass is 16.4. The fraction of sp³-hybridized carbons (Fsp3) is 0.846. The number of carbonyl (C=O) groups excluding carboxylic acids is 1. The highest BCUT2D eigenvalue weighted by molar-refractivity contribution is 5.73. The lowest BCUT2D eigenvalue weighted by atomic mass is 9.56. The lowest BCUT2D eigenvalue weighted by Gasteiger charge is -2.49. The summed E-state index contributed by atoms with van der Waals surface area (Å²) in [6.07, 6.45) is 18.6. The van der Waals surface area contributed by atoms with Crippen LogP contribution >= 0.6 is 0 Å². The van der Waals surface area contributed by atoms with Crippen LogP contribution < -0.4 is 5.73 Å².